The number of aryl methyl sites for hydroxylation is 2. The molecule has 8 heteroatoms. The van der Waals surface area contributed by atoms with Gasteiger partial charge in [0.15, 0.2) is 0 Å². The summed E-state index contributed by atoms with van der Waals surface area (Å²) in [5.41, 5.74) is 0.0477. The highest BCUT2D eigenvalue weighted by molar-refractivity contribution is 7.09. The number of aromatic nitrogens is 4. The summed E-state index contributed by atoms with van der Waals surface area (Å²) in [7, 11) is 2.93. The van der Waals surface area contributed by atoms with E-state index in [1.807, 2.05) is 19.2 Å². The Morgan fingerprint density at radius 2 is 2.05 bits per heavy atom. The lowest BCUT2D eigenvalue weighted by Crippen LogP contribution is -2.40. The lowest BCUT2D eigenvalue weighted by atomic mass is 10.3. The third kappa shape index (κ3) is 2.58. The van der Waals surface area contributed by atoms with Crippen LogP contribution in [0.5, 0.6) is 0 Å². The molecule has 2 rings (SSSR count). The molecular weight excluding hydrogens is 266 g/mol. The third-order valence-corrected chi connectivity index (χ3v) is 3.83. The van der Waals surface area contributed by atoms with Crippen LogP contribution in [0.25, 0.3) is 0 Å². The average molecular weight is 281 g/mol. The lowest BCUT2D eigenvalue weighted by molar-refractivity contribution is 0.601. The summed E-state index contributed by atoms with van der Waals surface area (Å²) in [5, 5.41) is 9.75. The second-order valence-electron chi connectivity index (χ2n) is 4.31. The van der Waals surface area contributed by atoms with Gasteiger partial charge >= 0.3 is 5.69 Å². The first-order valence-electron chi connectivity index (χ1n) is 5.73. The molecule has 0 aromatic carbocycles. The van der Waals surface area contributed by atoms with Gasteiger partial charge in [0.05, 0.1) is 6.04 Å². The predicted octanol–water partition coefficient (Wildman–Crippen LogP) is 0.417. The Bertz CT molecular complexity index is 715. The van der Waals surface area contributed by atoms with Crippen molar-refractivity contribution >= 4 is 17.2 Å². The van der Waals surface area contributed by atoms with Gasteiger partial charge in [-0.15, -0.1) is 16.4 Å². The third-order valence-electron chi connectivity index (χ3n) is 2.68. The van der Waals surface area contributed by atoms with E-state index in [0.717, 1.165) is 20.0 Å². The van der Waals surface area contributed by atoms with Crippen molar-refractivity contribution in [3.8, 4) is 0 Å². The number of hydrogen-bond acceptors (Lipinski definition) is 6. The monoisotopic (exact) mass is 281 g/mol. The Morgan fingerprint density at radius 1 is 1.37 bits per heavy atom. The molecule has 0 fully saturated rings. The van der Waals surface area contributed by atoms with Gasteiger partial charge in [-0.05, 0) is 13.8 Å². The molecule has 2 aromatic heterocycles. The van der Waals surface area contributed by atoms with E-state index in [1.165, 1.54) is 25.4 Å². The molecule has 0 bridgehead atoms. The SMILES string of the molecule is Cc1csc(C(C)Nc2nn(C)c(=O)n(C)c2=O)n1. The van der Waals surface area contributed by atoms with Crippen molar-refractivity contribution < 1.29 is 0 Å². The highest BCUT2D eigenvalue weighted by Crippen LogP contribution is 2.19. The number of rotatable bonds is 3. The second-order valence-corrected chi connectivity index (χ2v) is 5.20. The summed E-state index contributed by atoms with van der Waals surface area (Å²) < 4.78 is 2.15. The Morgan fingerprint density at radius 3 is 2.63 bits per heavy atom. The van der Waals surface area contributed by atoms with Crippen LogP contribution >= 0.6 is 11.3 Å². The van der Waals surface area contributed by atoms with Crippen molar-refractivity contribution in [2.24, 2.45) is 14.1 Å². The maximum Gasteiger partial charge on any atom is 0.346 e. The van der Waals surface area contributed by atoms with Crippen molar-refractivity contribution in [1.82, 2.24) is 19.3 Å². The zero-order valence-corrected chi connectivity index (χ0v) is 12.0. The minimum Gasteiger partial charge on any atom is -0.355 e. The van der Waals surface area contributed by atoms with Gasteiger partial charge in [-0.2, -0.15) is 0 Å². The van der Waals surface area contributed by atoms with E-state index in [1.54, 1.807) is 0 Å². The maximum absolute atomic E-state index is 11.9. The molecule has 0 saturated carbocycles. The molecule has 0 amide bonds. The fourth-order valence-corrected chi connectivity index (χ4v) is 2.43. The Labute approximate surface area is 113 Å². The van der Waals surface area contributed by atoms with Crippen LogP contribution in [0.15, 0.2) is 15.0 Å². The Kier molecular flexibility index (Phi) is 3.52. The van der Waals surface area contributed by atoms with Crippen LogP contribution in [-0.2, 0) is 14.1 Å². The van der Waals surface area contributed by atoms with E-state index < -0.39 is 11.2 Å². The van der Waals surface area contributed by atoms with Gasteiger partial charge in [0.1, 0.15) is 5.01 Å². The summed E-state index contributed by atoms with van der Waals surface area (Å²) in [6.07, 6.45) is 0. The molecule has 0 aliphatic heterocycles. The zero-order valence-electron chi connectivity index (χ0n) is 11.2. The van der Waals surface area contributed by atoms with Crippen LogP contribution in [0.2, 0.25) is 0 Å². The summed E-state index contributed by atoms with van der Waals surface area (Å²) in [6, 6.07) is -0.142. The van der Waals surface area contributed by atoms with Crippen LogP contribution in [0, 0.1) is 6.92 Å². The predicted molar refractivity (Wildman–Crippen MR) is 73.6 cm³/mol. The quantitative estimate of drug-likeness (QED) is 0.881. The topological polar surface area (TPSA) is 81.8 Å². The smallest absolute Gasteiger partial charge is 0.346 e. The molecule has 1 N–H and O–H groups in total. The molecule has 0 aliphatic rings. The number of hydrogen-bond donors (Lipinski definition) is 1. The first-order chi connectivity index (χ1) is 8.90. The number of nitrogens with zero attached hydrogens (tertiary/aromatic N) is 4. The molecule has 0 radical (unpaired) electrons. The molecule has 0 spiro atoms. The molecule has 2 heterocycles. The van der Waals surface area contributed by atoms with Gasteiger partial charge in [0.2, 0.25) is 5.82 Å². The van der Waals surface area contributed by atoms with Crippen molar-refractivity contribution in [1.29, 1.82) is 0 Å². The largest absolute Gasteiger partial charge is 0.355 e. The first kappa shape index (κ1) is 13.5. The fraction of sp³-hybridized carbons (Fsp3) is 0.455. The molecule has 0 aliphatic carbocycles. The lowest BCUT2D eigenvalue weighted by Gasteiger charge is -2.12. The molecule has 1 unspecified atom stereocenters. The van der Waals surface area contributed by atoms with Crippen LogP contribution in [0.3, 0.4) is 0 Å². The van der Waals surface area contributed by atoms with Crippen molar-refractivity contribution in [2.75, 3.05) is 5.32 Å². The van der Waals surface area contributed by atoms with Crippen molar-refractivity contribution in [3.63, 3.8) is 0 Å². The molecule has 2 aromatic rings. The van der Waals surface area contributed by atoms with Gasteiger partial charge in [0.25, 0.3) is 5.56 Å². The van der Waals surface area contributed by atoms with Crippen molar-refractivity contribution in [3.05, 3.63) is 36.9 Å². The Hall–Kier alpha value is -1.96. The first-order valence-corrected chi connectivity index (χ1v) is 6.61. The van der Waals surface area contributed by atoms with E-state index in [-0.39, 0.29) is 11.9 Å². The molecular formula is C11H15N5O2S. The second kappa shape index (κ2) is 4.96. The van der Waals surface area contributed by atoms with Gasteiger partial charge in [-0.25, -0.2) is 14.5 Å². The zero-order chi connectivity index (χ0) is 14.2. The van der Waals surface area contributed by atoms with E-state index in [9.17, 15) is 9.59 Å². The number of thiazole rings is 1. The normalized spacial score (nSPS) is 12.4. The van der Waals surface area contributed by atoms with E-state index >= 15 is 0 Å². The van der Waals surface area contributed by atoms with Gasteiger partial charge in [-0.1, -0.05) is 0 Å². The maximum atomic E-state index is 11.9. The van der Waals surface area contributed by atoms with Crippen LogP contribution in [0.1, 0.15) is 23.7 Å². The van der Waals surface area contributed by atoms with Gasteiger partial charge in [0, 0.05) is 25.2 Å². The number of anilines is 1. The minimum absolute atomic E-state index is 0.142. The van der Waals surface area contributed by atoms with E-state index in [0.29, 0.717) is 0 Å². The van der Waals surface area contributed by atoms with Crippen molar-refractivity contribution in [2.45, 2.75) is 19.9 Å². The standard InChI is InChI=1S/C11H15N5O2S/c1-6-5-19-9(12-6)7(2)13-8-10(17)15(3)11(18)16(4)14-8/h5,7H,1-4H3,(H,13,14). The number of nitrogens with one attached hydrogen (secondary N) is 1. The highest BCUT2D eigenvalue weighted by Gasteiger charge is 2.14. The molecule has 0 saturated heterocycles. The van der Waals surface area contributed by atoms with Crippen LogP contribution in [0.4, 0.5) is 5.82 Å². The summed E-state index contributed by atoms with van der Waals surface area (Å²) in [4.78, 5) is 27.8. The Balaban J connectivity index is 2.34. The van der Waals surface area contributed by atoms with E-state index in [4.69, 9.17) is 0 Å². The summed E-state index contributed by atoms with van der Waals surface area (Å²) in [5.74, 6) is 0.143. The summed E-state index contributed by atoms with van der Waals surface area (Å²) >= 11 is 1.52. The van der Waals surface area contributed by atoms with E-state index in [2.05, 4.69) is 15.4 Å². The summed E-state index contributed by atoms with van der Waals surface area (Å²) in [6.45, 7) is 3.81. The van der Waals surface area contributed by atoms with Gasteiger partial charge in [-0.3, -0.25) is 9.36 Å². The molecule has 1 atom stereocenters. The highest BCUT2D eigenvalue weighted by atomic mass is 32.1. The molecule has 19 heavy (non-hydrogen) atoms. The van der Waals surface area contributed by atoms with Gasteiger partial charge < -0.3 is 5.32 Å². The molecule has 7 nitrogen and oxygen atoms in total. The fourth-order valence-electron chi connectivity index (χ4n) is 1.63. The molecule has 102 valence electrons. The average Bonchev–Trinajstić information content (AvgIpc) is 2.80. The van der Waals surface area contributed by atoms with Crippen LogP contribution < -0.4 is 16.6 Å². The minimum atomic E-state index is -0.451. The van der Waals surface area contributed by atoms with Crippen LogP contribution in [-0.4, -0.2) is 19.3 Å².